The largest absolute Gasteiger partial charge is 0.411 e. The number of sulfone groups is 1. The number of hydrogen-bond donors (Lipinski definition) is 1. The quantitative estimate of drug-likeness (QED) is 0.760. The van der Waals surface area contributed by atoms with Crippen molar-refractivity contribution in [1.82, 2.24) is 5.16 Å². The van der Waals surface area contributed by atoms with Crippen molar-refractivity contribution in [3.63, 3.8) is 0 Å². The van der Waals surface area contributed by atoms with E-state index in [1.54, 1.807) is 6.92 Å². The van der Waals surface area contributed by atoms with Crippen LogP contribution in [0.3, 0.4) is 0 Å². The predicted octanol–water partition coefficient (Wildman–Crippen LogP) is 3.37. The fourth-order valence-corrected chi connectivity index (χ4v) is 3.40. The van der Waals surface area contributed by atoms with E-state index in [0.717, 1.165) is 18.4 Å². The van der Waals surface area contributed by atoms with Crippen LogP contribution >= 0.6 is 11.6 Å². The Kier molecular flexibility index (Phi) is 6.17. The molecule has 0 unspecified atom stereocenters. The first kappa shape index (κ1) is 21.2. The van der Waals surface area contributed by atoms with E-state index in [2.05, 4.69) is 19.7 Å². The Morgan fingerprint density at radius 3 is 2.56 bits per heavy atom. The third kappa shape index (κ3) is 5.44. The van der Waals surface area contributed by atoms with Gasteiger partial charge >= 0.3 is 6.18 Å². The summed E-state index contributed by atoms with van der Waals surface area (Å²) in [5.74, 6) is -0.618. The number of carbonyl (C=O) groups is 1. The molecule has 27 heavy (non-hydrogen) atoms. The smallest absolute Gasteiger partial charge is 0.367 e. The Bertz CT molecular complexity index is 957. The molecule has 0 saturated heterocycles. The first-order valence-corrected chi connectivity index (χ1v) is 9.55. The van der Waals surface area contributed by atoms with Crippen LogP contribution in [0.5, 0.6) is 0 Å². The van der Waals surface area contributed by atoms with Gasteiger partial charge in [0.05, 0.1) is 22.1 Å². The molecule has 0 fully saturated rings. The third-order valence-corrected chi connectivity index (χ3v) is 4.95. The lowest BCUT2D eigenvalue weighted by atomic mass is 10.1. The molecular weight excluding hydrogens is 413 g/mol. The number of aromatic nitrogens is 1. The molecule has 0 radical (unpaired) electrons. The number of ether oxygens (including phenoxy) is 1. The van der Waals surface area contributed by atoms with Crippen LogP contribution in [-0.2, 0) is 21.2 Å². The molecule has 148 valence electrons. The van der Waals surface area contributed by atoms with E-state index >= 15 is 0 Å². The van der Waals surface area contributed by atoms with Gasteiger partial charge in [-0.05, 0) is 19.1 Å². The fourth-order valence-electron chi connectivity index (χ4n) is 2.11. The number of nitrogens with zero attached hydrogens (tertiary/aromatic N) is 1. The van der Waals surface area contributed by atoms with E-state index in [1.165, 1.54) is 6.26 Å². The Morgan fingerprint density at radius 2 is 2.04 bits per heavy atom. The van der Waals surface area contributed by atoms with E-state index in [9.17, 15) is 26.4 Å². The molecule has 1 heterocycles. The van der Waals surface area contributed by atoms with Gasteiger partial charge in [-0.25, -0.2) is 8.42 Å². The Balaban J connectivity index is 2.38. The van der Waals surface area contributed by atoms with Crippen molar-refractivity contribution in [2.75, 3.05) is 18.2 Å². The summed E-state index contributed by atoms with van der Waals surface area (Å²) in [6.07, 6.45) is -2.44. The van der Waals surface area contributed by atoms with Gasteiger partial charge in [-0.15, -0.1) is 0 Å². The minimum absolute atomic E-state index is 0.123. The summed E-state index contributed by atoms with van der Waals surface area (Å²) >= 11 is 6.11. The van der Waals surface area contributed by atoms with Crippen molar-refractivity contribution >= 4 is 33.2 Å². The third-order valence-electron chi connectivity index (χ3n) is 3.34. The Morgan fingerprint density at radius 1 is 1.37 bits per heavy atom. The molecular formula is C15H14ClF3N2O5S. The van der Waals surface area contributed by atoms with Crippen molar-refractivity contribution in [2.24, 2.45) is 0 Å². The topological polar surface area (TPSA) is 98.5 Å². The Labute approximate surface area is 157 Å². The molecule has 0 bridgehead atoms. The van der Waals surface area contributed by atoms with E-state index in [-0.39, 0.29) is 26.9 Å². The van der Waals surface area contributed by atoms with Crippen LogP contribution in [-0.4, -0.2) is 38.5 Å². The lowest BCUT2D eigenvalue weighted by Crippen LogP contribution is -2.19. The first-order chi connectivity index (χ1) is 12.4. The highest BCUT2D eigenvalue weighted by Gasteiger charge is 2.29. The molecule has 12 heteroatoms. The average Bonchev–Trinajstić information content (AvgIpc) is 2.91. The second-order valence-corrected chi connectivity index (χ2v) is 7.95. The summed E-state index contributed by atoms with van der Waals surface area (Å²) < 4.78 is 69.9. The molecule has 1 aromatic carbocycles. The van der Waals surface area contributed by atoms with Crippen molar-refractivity contribution in [2.45, 2.75) is 24.6 Å². The first-order valence-electron chi connectivity index (χ1n) is 7.28. The van der Waals surface area contributed by atoms with Gasteiger partial charge in [0.1, 0.15) is 12.9 Å². The number of alkyl halides is 3. The van der Waals surface area contributed by atoms with Crippen molar-refractivity contribution in [1.29, 1.82) is 0 Å². The van der Waals surface area contributed by atoms with Crippen LogP contribution in [0.15, 0.2) is 27.8 Å². The number of anilines is 1. The molecule has 2 aromatic rings. The molecule has 2 rings (SSSR count). The van der Waals surface area contributed by atoms with Gasteiger partial charge in [0.2, 0.25) is 0 Å². The summed E-state index contributed by atoms with van der Waals surface area (Å²) in [7, 11) is -3.83. The summed E-state index contributed by atoms with van der Waals surface area (Å²) in [4.78, 5) is 12.1. The number of nitrogens with one attached hydrogen (secondary N) is 1. The molecule has 0 atom stereocenters. The van der Waals surface area contributed by atoms with Crippen molar-refractivity contribution in [3.05, 3.63) is 40.1 Å². The number of carbonyl (C=O) groups excluding carboxylic acids is 1. The number of halogens is 4. The van der Waals surface area contributed by atoms with E-state index in [1.807, 2.05) is 0 Å². The maximum Gasteiger partial charge on any atom is 0.411 e. The van der Waals surface area contributed by atoms with Crippen LogP contribution in [0.2, 0.25) is 5.02 Å². The molecule has 1 N–H and O–H groups in total. The fraction of sp³-hybridized carbons (Fsp3) is 0.333. The predicted molar refractivity (Wildman–Crippen MR) is 89.5 cm³/mol. The SMILES string of the molecule is Cc1conc1NC(=O)c1ccc(S(C)(=O)=O)c(COCC(F)(F)F)c1Cl. The molecule has 0 aliphatic rings. The van der Waals surface area contributed by atoms with Crippen molar-refractivity contribution in [3.8, 4) is 0 Å². The standard InChI is InChI=1S/C15H14ClF3N2O5S/c1-8-5-26-21-13(8)20-14(22)9-3-4-11(27(2,23)24)10(12(9)16)6-25-7-15(17,18)19/h3-5H,6-7H2,1-2H3,(H,20,21,22). The number of hydrogen-bond acceptors (Lipinski definition) is 6. The molecule has 1 aromatic heterocycles. The summed E-state index contributed by atoms with van der Waals surface area (Å²) in [5, 5.41) is 5.65. The number of benzene rings is 1. The van der Waals surface area contributed by atoms with Crippen LogP contribution < -0.4 is 5.32 Å². The number of amides is 1. The summed E-state index contributed by atoms with van der Waals surface area (Å²) in [6.45, 7) is -0.719. The van der Waals surface area contributed by atoms with Crippen LogP contribution in [0.25, 0.3) is 0 Å². The Hall–Kier alpha value is -2.11. The van der Waals surface area contributed by atoms with Gasteiger partial charge < -0.3 is 14.6 Å². The maximum atomic E-state index is 12.4. The number of rotatable bonds is 6. The van der Waals surface area contributed by atoms with Crippen molar-refractivity contribution < 1.29 is 35.6 Å². The molecule has 0 saturated carbocycles. The highest BCUT2D eigenvalue weighted by Crippen LogP contribution is 2.30. The van der Waals surface area contributed by atoms with E-state index < -0.39 is 35.1 Å². The van der Waals surface area contributed by atoms with Gasteiger partial charge in [0.15, 0.2) is 15.7 Å². The van der Waals surface area contributed by atoms with Gasteiger partial charge in [-0.1, -0.05) is 16.8 Å². The second kappa shape index (κ2) is 7.87. The zero-order valence-electron chi connectivity index (χ0n) is 14.1. The molecule has 0 spiro atoms. The molecule has 1 amide bonds. The van der Waals surface area contributed by atoms with Gasteiger partial charge in [-0.3, -0.25) is 4.79 Å². The monoisotopic (exact) mass is 426 g/mol. The highest BCUT2D eigenvalue weighted by molar-refractivity contribution is 7.90. The van der Waals surface area contributed by atoms with E-state index in [0.29, 0.717) is 5.56 Å². The summed E-state index contributed by atoms with van der Waals surface area (Å²) in [5.41, 5.74) is 0.131. The summed E-state index contributed by atoms with van der Waals surface area (Å²) in [6, 6.07) is 2.23. The van der Waals surface area contributed by atoms with Crippen LogP contribution in [0.1, 0.15) is 21.5 Å². The van der Waals surface area contributed by atoms with E-state index in [4.69, 9.17) is 11.6 Å². The zero-order valence-corrected chi connectivity index (χ0v) is 15.6. The maximum absolute atomic E-state index is 12.4. The average molecular weight is 427 g/mol. The minimum Gasteiger partial charge on any atom is -0.367 e. The minimum atomic E-state index is -4.60. The lowest BCUT2D eigenvalue weighted by molar-refractivity contribution is -0.176. The number of aryl methyl sites for hydroxylation is 1. The molecule has 0 aliphatic heterocycles. The lowest BCUT2D eigenvalue weighted by Gasteiger charge is -2.15. The van der Waals surface area contributed by atoms with Crippen LogP contribution in [0, 0.1) is 6.92 Å². The second-order valence-electron chi connectivity index (χ2n) is 5.58. The molecule has 7 nitrogen and oxygen atoms in total. The van der Waals surface area contributed by atoms with Crippen LogP contribution in [0.4, 0.5) is 19.0 Å². The highest BCUT2D eigenvalue weighted by atomic mass is 35.5. The van der Waals surface area contributed by atoms with Gasteiger partial charge in [0, 0.05) is 17.4 Å². The normalized spacial score (nSPS) is 12.2. The zero-order chi connectivity index (χ0) is 20.4. The van der Waals surface area contributed by atoms with Gasteiger partial charge in [0.25, 0.3) is 5.91 Å². The van der Waals surface area contributed by atoms with Gasteiger partial charge in [-0.2, -0.15) is 13.2 Å². The molecule has 0 aliphatic carbocycles.